The molecule has 0 atom stereocenters. The van der Waals surface area contributed by atoms with Crippen molar-refractivity contribution in [1.82, 2.24) is 5.32 Å². The van der Waals surface area contributed by atoms with Gasteiger partial charge in [-0.1, -0.05) is 12.1 Å². The standard InChI is InChI=1S/C20H25N3O3/c1-20(2,3)23-19(25)14-7-5-9-16(11-14)22-18(24)13-21-15-8-6-10-17(12-15)26-4/h5-12,21H,13H2,1-4H3,(H,22,24)(H,23,25). The molecule has 0 saturated carbocycles. The molecule has 6 nitrogen and oxygen atoms in total. The van der Waals surface area contributed by atoms with E-state index in [0.29, 0.717) is 17.0 Å². The molecule has 6 heteroatoms. The Kier molecular flexibility index (Phi) is 6.22. The topological polar surface area (TPSA) is 79.5 Å². The second-order valence-corrected chi connectivity index (χ2v) is 6.92. The SMILES string of the molecule is COc1cccc(NCC(=O)Nc2cccc(C(=O)NC(C)(C)C)c2)c1. The van der Waals surface area contributed by atoms with E-state index in [1.54, 1.807) is 31.4 Å². The molecule has 0 saturated heterocycles. The molecular weight excluding hydrogens is 330 g/mol. The van der Waals surface area contributed by atoms with Crippen molar-refractivity contribution in [3.63, 3.8) is 0 Å². The second-order valence-electron chi connectivity index (χ2n) is 6.92. The average Bonchev–Trinajstić information content (AvgIpc) is 2.59. The highest BCUT2D eigenvalue weighted by Crippen LogP contribution is 2.16. The van der Waals surface area contributed by atoms with Gasteiger partial charge < -0.3 is 20.7 Å². The molecule has 0 aliphatic heterocycles. The first kappa shape index (κ1) is 19.3. The van der Waals surface area contributed by atoms with Crippen molar-refractivity contribution in [2.75, 3.05) is 24.3 Å². The second kappa shape index (κ2) is 8.38. The first-order valence-corrected chi connectivity index (χ1v) is 8.37. The van der Waals surface area contributed by atoms with Crippen LogP contribution in [0.4, 0.5) is 11.4 Å². The number of hydrogen-bond acceptors (Lipinski definition) is 4. The van der Waals surface area contributed by atoms with Crippen molar-refractivity contribution in [3.8, 4) is 5.75 Å². The van der Waals surface area contributed by atoms with Gasteiger partial charge in [-0.25, -0.2) is 0 Å². The van der Waals surface area contributed by atoms with Gasteiger partial charge in [0.15, 0.2) is 0 Å². The lowest BCUT2D eigenvalue weighted by Gasteiger charge is -2.20. The summed E-state index contributed by atoms with van der Waals surface area (Å²) in [6.45, 7) is 5.86. The number of rotatable bonds is 6. The quantitative estimate of drug-likeness (QED) is 0.743. The zero-order chi connectivity index (χ0) is 19.2. The van der Waals surface area contributed by atoms with Crippen molar-refractivity contribution < 1.29 is 14.3 Å². The number of benzene rings is 2. The zero-order valence-corrected chi connectivity index (χ0v) is 15.6. The summed E-state index contributed by atoms with van der Waals surface area (Å²) in [6, 6.07) is 14.2. The monoisotopic (exact) mass is 355 g/mol. The number of nitrogens with one attached hydrogen (secondary N) is 3. The molecule has 2 aromatic rings. The third-order valence-electron chi connectivity index (χ3n) is 3.42. The van der Waals surface area contributed by atoms with Crippen molar-refractivity contribution in [2.24, 2.45) is 0 Å². The Labute approximate surface area is 153 Å². The summed E-state index contributed by atoms with van der Waals surface area (Å²) in [5, 5.41) is 8.72. The molecule has 2 aromatic carbocycles. The molecule has 0 aromatic heterocycles. The maximum absolute atomic E-state index is 12.2. The fourth-order valence-corrected chi connectivity index (χ4v) is 2.27. The number of methoxy groups -OCH3 is 1. The number of hydrogen-bond donors (Lipinski definition) is 3. The third-order valence-corrected chi connectivity index (χ3v) is 3.42. The van der Waals surface area contributed by atoms with Gasteiger partial charge in [0.25, 0.3) is 5.91 Å². The van der Waals surface area contributed by atoms with E-state index >= 15 is 0 Å². The van der Waals surface area contributed by atoms with Crippen LogP contribution in [0.3, 0.4) is 0 Å². The van der Waals surface area contributed by atoms with E-state index < -0.39 is 0 Å². The fourth-order valence-electron chi connectivity index (χ4n) is 2.27. The zero-order valence-electron chi connectivity index (χ0n) is 15.6. The molecule has 0 aliphatic carbocycles. The molecule has 138 valence electrons. The highest BCUT2D eigenvalue weighted by molar-refractivity contribution is 5.98. The summed E-state index contributed by atoms with van der Waals surface area (Å²) in [5.74, 6) is 0.331. The highest BCUT2D eigenvalue weighted by atomic mass is 16.5. The first-order valence-electron chi connectivity index (χ1n) is 8.37. The maximum Gasteiger partial charge on any atom is 0.251 e. The number of carbonyl (C=O) groups is 2. The van der Waals surface area contributed by atoms with E-state index in [-0.39, 0.29) is 23.9 Å². The number of ether oxygens (including phenoxy) is 1. The van der Waals surface area contributed by atoms with E-state index in [0.717, 1.165) is 5.69 Å². The molecule has 2 amide bonds. The molecule has 0 fully saturated rings. The van der Waals surface area contributed by atoms with Crippen LogP contribution in [0.2, 0.25) is 0 Å². The molecule has 2 rings (SSSR count). The Morgan fingerprint density at radius 3 is 2.38 bits per heavy atom. The average molecular weight is 355 g/mol. The molecular formula is C20H25N3O3. The Hall–Kier alpha value is -3.02. The summed E-state index contributed by atoms with van der Waals surface area (Å²) in [6.07, 6.45) is 0. The lowest BCUT2D eigenvalue weighted by atomic mass is 10.1. The van der Waals surface area contributed by atoms with Crippen LogP contribution in [0.5, 0.6) is 5.75 Å². The molecule has 0 heterocycles. The molecule has 0 bridgehead atoms. The Morgan fingerprint density at radius 1 is 1.00 bits per heavy atom. The highest BCUT2D eigenvalue weighted by Gasteiger charge is 2.15. The molecule has 3 N–H and O–H groups in total. The maximum atomic E-state index is 12.2. The van der Waals surface area contributed by atoms with E-state index in [1.807, 2.05) is 45.0 Å². The van der Waals surface area contributed by atoms with Crippen LogP contribution in [0.1, 0.15) is 31.1 Å². The van der Waals surface area contributed by atoms with E-state index in [1.165, 1.54) is 0 Å². The van der Waals surface area contributed by atoms with Crippen LogP contribution in [-0.2, 0) is 4.79 Å². The van der Waals surface area contributed by atoms with Crippen LogP contribution < -0.4 is 20.7 Å². The summed E-state index contributed by atoms with van der Waals surface area (Å²) in [5.41, 5.74) is 1.54. The van der Waals surface area contributed by atoms with Crippen LogP contribution in [0, 0.1) is 0 Å². The molecule has 0 radical (unpaired) electrons. The summed E-state index contributed by atoms with van der Waals surface area (Å²) >= 11 is 0. The molecule has 26 heavy (non-hydrogen) atoms. The number of anilines is 2. The van der Waals surface area contributed by atoms with Gasteiger partial charge in [-0.05, 0) is 51.1 Å². The third kappa shape index (κ3) is 6.12. The molecule has 0 spiro atoms. The van der Waals surface area contributed by atoms with Crippen LogP contribution in [0.25, 0.3) is 0 Å². The fraction of sp³-hybridized carbons (Fsp3) is 0.300. The minimum atomic E-state index is -0.322. The number of carbonyl (C=O) groups excluding carboxylic acids is 2. The predicted molar refractivity (Wildman–Crippen MR) is 104 cm³/mol. The van der Waals surface area contributed by atoms with Crippen LogP contribution in [0.15, 0.2) is 48.5 Å². The Morgan fingerprint density at radius 2 is 1.69 bits per heavy atom. The number of amides is 2. The van der Waals surface area contributed by atoms with Gasteiger partial charge in [-0.15, -0.1) is 0 Å². The largest absolute Gasteiger partial charge is 0.497 e. The van der Waals surface area contributed by atoms with Crippen molar-refractivity contribution in [3.05, 3.63) is 54.1 Å². The van der Waals surface area contributed by atoms with Gasteiger partial charge in [0.2, 0.25) is 5.91 Å². The normalized spacial score (nSPS) is 10.8. The van der Waals surface area contributed by atoms with E-state index in [9.17, 15) is 9.59 Å². The summed E-state index contributed by atoms with van der Waals surface area (Å²) in [7, 11) is 1.59. The molecule has 0 unspecified atom stereocenters. The minimum absolute atomic E-state index is 0.103. The van der Waals surface area contributed by atoms with Gasteiger partial charge in [-0.3, -0.25) is 9.59 Å². The first-order chi connectivity index (χ1) is 12.3. The Bertz CT molecular complexity index is 782. The van der Waals surface area contributed by atoms with E-state index in [4.69, 9.17) is 4.74 Å². The van der Waals surface area contributed by atoms with Gasteiger partial charge >= 0.3 is 0 Å². The van der Waals surface area contributed by atoms with Gasteiger partial charge in [0.1, 0.15) is 5.75 Å². The summed E-state index contributed by atoms with van der Waals surface area (Å²) < 4.78 is 5.15. The summed E-state index contributed by atoms with van der Waals surface area (Å²) in [4.78, 5) is 24.4. The lowest BCUT2D eigenvalue weighted by Crippen LogP contribution is -2.40. The van der Waals surface area contributed by atoms with Crippen LogP contribution >= 0.6 is 0 Å². The van der Waals surface area contributed by atoms with Crippen molar-refractivity contribution >= 4 is 23.2 Å². The van der Waals surface area contributed by atoms with Gasteiger partial charge in [0.05, 0.1) is 13.7 Å². The van der Waals surface area contributed by atoms with Gasteiger partial charge in [-0.2, -0.15) is 0 Å². The predicted octanol–water partition coefficient (Wildman–Crippen LogP) is 3.27. The van der Waals surface area contributed by atoms with Crippen molar-refractivity contribution in [1.29, 1.82) is 0 Å². The molecule has 0 aliphatic rings. The van der Waals surface area contributed by atoms with Gasteiger partial charge in [0, 0.05) is 28.5 Å². The lowest BCUT2D eigenvalue weighted by molar-refractivity contribution is -0.114. The van der Waals surface area contributed by atoms with Crippen molar-refractivity contribution in [2.45, 2.75) is 26.3 Å². The van der Waals surface area contributed by atoms with E-state index in [2.05, 4.69) is 16.0 Å². The Balaban J connectivity index is 1.94. The smallest absolute Gasteiger partial charge is 0.251 e. The van der Waals surface area contributed by atoms with Crippen LogP contribution in [-0.4, -0.2) is 31.0 Å². The minimum Gasteiger partial charge on any atom is -0.497 e.